The van der Waals surface area contributed by atoms with E-state index in [1.807, 2.05) is 6.92 Å². The molecule has 10 heavy (non-hydrogen) atoms. The molecule has 0 amide bonds. The predicted molar refractivity (Wildman–Crippen MR) is 39.9 cm³/mol. The van der Waals surface area contributed by atoms with Crippen molar-refractivity contribution in [2.75, 3.05) is 0 Å². The number of hydrogen-bond acceptors (Lipinski definition) is 4. The van der Waals surface area contributed by atoms with Gasteiger partial charge in [0, 0.05) is 0 Å². The molecule has 2 aromatic heterocycles. The van der Waals surface area contributed by atoms with E-state index in [2.05, 4.69) is 15.0 Å². The third kappa shape index (κ3) is 0.690. The quantitative estimate of drug-likeness (QED) is 0.571. The SMILES string of the molecule is Cc1ncnc2scnc12. The summed E-state index contributed by atoms with van der Waals surface area (Å²) < 4.78 is 0. The van der Waals surface area contributed by atoms with E-state index >= 15 is 0 Å². The normalized spacial score (nSPS) is 10.5. The summed E-state index contributed by atoms with van der Waals surface area (Å²) in [6.07, 6.45) is 1.57. The molecule has 0 N–H and O–H groups in total. The van der Waals surface area contributed by atoms with Crippen LogP contribution in [0.2, 0.25) is 0 Å². The zero-order valence-electron chi connectivity index (χ0n) is 5.40. The summed E-state index contributed by atoms with van der Waals surface area (Å²) in [6, 6.07) is 0. The molecule has 0 saturated carbocycles. The lowest BCUT2D eigenvalue weighted by Crippen LogP contribution is -1.83. The van der Waals surface area contributed by atoms with Crippen molar-refractivity contribution in [3.63, 3.8) is 0 Å². The Morgan fingerprint density at radius 1 is 1.30 bits per heavy atom. The molecular weight excluding hydrogens is 146 g/mol. The molecule has 0 atom stereocenters. The molecule has 2 rings (SSSR count). The van der Waals surface area contributed by atoms with E-state index in [0.29, 0.717) is 0 Å². The highest BCUT2D eigenvalue weighted by atomic mass is 32.1. The van der Waals surface area contributed by atoms with E-state index in [-0.39, 0.29) is 0 Å². The Morgan fingerprint density at radius 2 is 2.20 bits per heavy atom. The van der Waals surface area contributed by atoms with Gasteiger partial charge in [0.1, 0.15) is 16.7 Å². The van der Waals surface area contributed by atoms with Gasteiger partial charge < -0.3 is 0 Å². The maximum Gasteiger partial charge on any atom is 0.146 e. The van der Waals surface area contributed by atoms with Crippen LogP contribution < -0.4 is 0 Å². The Kier molecular flexibility index (Phi) is 1.14. The molecule has 0 unspecified atom stereocenters. The number of hydrogen-bond donors (Lipinski definition) is 0. The van der Waals surface area contributed by atoms with Crippen LogP contribution in [0.5, 0.6) is 0 Å². The van der Waals surface area contributed by atoms with Crippen molar-refractivity contribution in [1.29, 1.82) is 0 Å². The molecule has 0 aliphatic heterocycles. The average Bonchev–Trinajstić information content (AvgIpc) is 2.36. The van der Waals surface area contributed by atoms with Gasteiger partial charge in [0.2, 0.25) is 0 Å². The van der Waals surface area contributed by atoms with Crippen LogP contribution in [0.25, 0.3) is 10.3 Å². The number of rotatable bonds is 0. The number of aryl methyl sites for hydroxylation is 1. The van der Waals surface area contributed by atoms with Crippen LogP contribution in [-0.4, -0.2) is 15.0 Å². The molecule has 0 aliphatic carbocycles. The number of thiazole rings is 1. The van der Waals surface area contributed by atoms with Gasteiger partial charge in [-0.1, -0.05) is 0 Å². The first-order valence-electron chi connectivity index (χ1n) is 2.89. The fourth-order valence-electron chi connectivity index (χ4n) is 0.809. The Morgan fingerprint density at radius 3 is 3.00 bits per heavy atom. The van der Waals surface area contributed by atoms with Crippen molar-refractivity contribution in [3.8, 4) is 0 Å². The van der Waals surface area contributed by atoms with Crippen LogP contribution in [0.4, 0.5) is 0 Å². The fourth-order valence-corrected chi connectivity index (χ4v) is 1.49. The monoisotopic (exact) mass is 151 g/mol. The molecule has 0 aliphatic rings. The minimum Gasteiger partial charge on any atom is -0.241 e. The first kappa shape index (κ1) is 5.73. The van der Waals surface area contributed by atoms with Gasteiger partial charge in [-0.15, -0.1) is 11.3 Å². The summed E-state index contributed by atoms with van der Waals surface area (Å²) in [5.74, 6) is 0. The minimum atomic E-state index is 0.924. The smallest absolute Gasteiger partial charge is 0.146 e. The fraction of sp³-hybridized carbons (Fsp3) is 0.167. The Balaban J connectivity index is 2.95. The van der Waals surface area contributed by atoms with E-state index in [1.165, 1.54) is 11.3 Å². The van der Waals surface area contributed by atoms with Crippen molar-refractivity contribution in [2.45, 2.75) is 6.92 Å². The van der Waals surface area contributed by atoms with Crippen molar-refractivity contribution >= 4 is 21.7 Å². The topological polar surface area (TPSA) is 38.7 Å². The van der Waals surface area contributed by atoms with Crippen molar-refractivity contribution < 1.29 is 0 Å². The molecule has 4 heteroatoms. The molecular formula is C6H5N3S. The summed E-state index contributed by atoms with van der Waals surface area (Å²) in [6.45, 7) is 1.93. The van der Waals surface area contributed by atoms with Gasteiger partial charge in [-0.25, -0.2) is 15.0 Å². The molecule has 0 radical (unpaired) electrons. The number of aromatic nitrogens is 3. The van der Waals surface area contributed by atoms with Crippen LogP contribution in [0.15, 0.2) is 11.8 Å². The molecule has 2 heterocycles. The molecule has 0 aromatic carbocycles. The first-order valence-corrected chi connectivity index (χ1v) is 3.76. The van der Waals surface area contributed by atoms with E-state index in [0.717, 1.165) is 16.0 Å². The predicted octanol–water partition coefficient (Wildman–Crippen LogP) is 1.39. The second kappa shape index (κ2) is 1.98. The van der Waals surface area contributed by atoms with Gasteiger partial charge in [0.15, 0.2) is 0 Å². The lowest BCUT2D eigenvalue weighted by molar-refractivity contribution is 1.14. The highest BCUT2D eigenvalue weighted by Gasteiger charge is 1.99. The van der Waals surface area contributed by atoms with E-state index in [1.54, 1.807) is 11.8 Å². The molecule has 0 saturated heterocycles. The van der Waals surface area contributed by atoms with Crippen molar-refractivity contribution in [1.82, 2.24) is 15.0 Å². The molecule has 0 spiro atoms. The summed E-state index contributed by atoms with van der Waals surface area (Å²) in [5, 5.41) is 0. The van der Waals surface area contributed by atoms with Gasteiger partial charge in [-0.2, -0.15) is 0 Å². The minimum absolute atomic E-state index is 0.924. The standard InChI is InChI=1S/C6H5N3S/c1-4-5-6(8-2-7-4)10-3-9-5/h2-3H,1H3. The van der Waals surface area contributed by atoms with Crippen LogP contribution in [0, 0.1) is 6.92 Å². The van der Waals surface area contributed by atoms with Gasteiger partial charge in [-0.3, -0.25) is 0 Å². The van der Waals surface area contributed by atoms with Gasteiger partial charge in [0.05, 0.1) is 11.2 Å². The molecule has 3 nitrogen and oxygen atoms in total. The summed E-state index contributed by atoms with van der Waals surface area (Å²) in [7, 11) is 0. The molecule has 2 aromatic rings. The molecule has 0 fully saturated rings. The van der Waals surface area contributed by atoms with E-state index in [9.17, 15) is 0 Å². The van der Waals surface area contributed by atoms with Gasteiger partial charge in [-0.05, 0) is 6.92 Å². The average molecular weight is 151 g/mol. The lowest BCUT2D eigenvalue weighted by Gasteiger charge is -1.88. The van der Waals surface area contributed by atoms with Crippen LogP contribution in [-0.2, 0) is 0 Å². The maximum atomic E-state index is 4.11. The zero-order chi connectivity index (χ0) is 6.97. The summed E-state index contributed by atoms with van der Waals surface area (Å²) in [4.78, 5) is 13.1. The van der Waals surface area contributed by atoms with E-state index < -0.39 is 0 Å². The highest BCUT2D eigenvalue weighted by Crippen LogP contribution is 2.15. The Bertz CT molecular complexity index is 355. The van der Waals surface area contributed by atoms with Gasteiger partial charge >= 0.3 is 0 Å². The van der Waals surface area contributed by atoms with Crippen LogP contribution in [0.3, 0.4) is 0 Å². The van der Waals surface area contributed by atoms with E-state index in [4.69, 9.17) is 0 Å². The van der Waals surface area contributed by atoms with Crippen LogP contribution in [0.1, 0.15) is 5.69 Å². The van der Waals surface area contributed by atoms with Crippen molar-refractivity contribution in [2.24, 2.45) is 0 Å². The van der Waals surface area contributed by atoms with Crippen molar-refractivity contribution in [3.05, 3.63) is 17.5 Å². The highest BCUT2D eigenvalue weighted by molar-refractivity contribution is 7.16. The number of fused-ring (bicyclic) bond motifs is 1. The zero-order valence-corrected chi connectivity index (χ0v) is 6.22. The second-order valence-electron chi connectivity index (χ2n) is 1.97. The molecule has 0 bridgehead atoms. The lowest BCUT2D eigenvalue weighted by atomic mass is 10.4. The summed E-state index contributed by atoms with van der Waals surface area (Å²) >= 11 is 1.54. The summed E-state index contributed by atoms with van der Waals surface area (Å²) in [5.41, 5.74) is 3.66. The first-order chi connectivity index (χ1) is 4.88. The second-order valence-corrected chi connectivity index (χ2v) is 2.80. The third-order valence-corrected chi connectivity index (χ3v) is 2.05. The Labute approximate surface area is 61.8 Å². The van der Waals surface area contributed by atoms with Crippen LogP contribution >= 0.6 is 11.3 Å². The maximum absolute atomic E-state index is 4.11. The third-order valence-electron chi connectivity index (χ3n) is 1.32. The largest absolute Gasteiger partial charge is 0.241 e. The van der Waals surface area contributed by atoms with Gasteiger partial charge in [0.25, 0.3) is 0 Å². The number of nitrogens with zero attached hydrogens (tertiary/aromatic N) is 3. The Hall–Kier alpha value is -1.03. The molecule has 50 valence electrons.